The summed E-state index contributed by atoms with van der Waals surface area (Å²) in [6, 6.07) is 12.1. The predicted molar refractivity (Wildman–Crippen MR) is 106 cm³/mol. The molecule has 0 saturated heterocycles. The molecule has 0 heterocycles. The van der Waals surface area contributed by atoms with Crippen LogP contribution in [0.3, 0.4) is 0 Å². The molecule has 1 unspecified atom stereocenters. The number of carbonyl (C=O) groups excluding carboxylic acids is 1. The predicted octanol–water partition coefficient (Wildman–Crippen LogP) is 0.576. The van der Waals surface area contributed by atoms with Gasteiger partial charge in [-0.1, -0.05) is 18.2 Å². The normalized spacial score (nSPS) is 12.2. The van der Waals surface area contributed by atoms with E-state index in [1.165, 1.54) is 36.4 Å². The van der Waals surface area contributed by atoms with E-state index < -0.39 is 34.5 Å². The molecule has 156 valence electrons. The van der Waals surface area contributed by atoms with Crippen LogP contribution in [0.25, 0.3) is 0 Å². The van der Waals surface area contributed by atoms with Crippen LogP contribution in [0.5, 0.6) is 5.75 Å². The highest BCUT2D eigenvalue weighted by molar-refractivity contribution is 7.89. The Bertz CT molecular complexity index is 917. The number of rotatable bonds is 11. The Kier molecular flexibility index (Phi) is 8.13. The number of hydrogen-bond donors (Lipinski definition) is 4. The average molecular weight is 421 g/mol. The standard InChI is InChI=1S/C19H23N3O6S/c20-11-4-12-28-15-9-7-14(8-10-15)18(23)21-13-17(19(24)25)22-29(26,27)16-5-2-1-3-6-16/h1-3,5-10,17,22H,4,11-13,20H2,(H,21,23)(H,24,25). The van der Waals surface area contributed by atoms with Crippen molar-refractivity contribution in [2.75, 3.05) is 19.7 Å². The second-order valence-corrected chi connectivity index (χ2v) is 7.76. The first-order chi connectivity index (χ1) is 13.8. The molecule has 0 radical (unpaired) electrons. The van der Waals surface area contributed by atoms with Crippen molar-refractivity contribution >= 4 is 21.9 Å². The molecule has 9 nitrogen and oxygen atoms in total. The van der Waals surface area contributed by atoms with Crippen molar-refractivity contribution in [2.24, 2.45) is 5.73 Å². The van der Waals surface area contributed by atoms with Crippen LogP contribution in [0.2, 0.25) is 0 Å². The SMILES string of the molecule is NCCCOc1ccc(C(=O)NCC(NS(=O)(=O)c2ccccc2)C(=O)O)cc1. The van der Waals surface area contributed by atoms with Crippen molar-refractivity contribution in [3.05, 3.63) is 60.2 Å². The highest BCUT2D eigenvalue weighted by Gasteiger charge is 2.25. The molecule has 0 aromatic heterocycles. The maximum atomic E-state index is 12.3. The van der Waals surface area contributed by atoms with Gasteiger partial charge in [0, 0.05) is 12.1 Å². The van der Waals surface area contributed by atoms with E-state index >= 15 is 0 Å². The fourth-order valence-electron chi connectivity index (χ4n) is 2.31. The fourth-order valence-corrected chi connectivity index (χ4v) is 3.52. The zero-order valence-electron chi connectivity index (χ0n) is 15.6. The van der Waals surface area contributed by atoms with Gasteiger partial charge in [-0.2, -0.15) is 4.72 Å². The Balaban J connectivity index is 1.96. The molecule has 0 bridgehead atoms. The Morgan fingerprint density at radius 2 is 1.72 bits per heavy atom. The van der Waals surface area contributed by atoms with Crippen molar-refractivity contribution < 1.29 is 27.9 Å². The maximum Gasteiger partial charge on any atom is 0.323 e. The molecule has 1 atom stereocenters. The minimum Gasteiger partial charge on any atom is -0.494 e. The average Bonchev–Trinajstić information content (AvgIpc) is 2.72. The second-order valence-electron chi connectivity index (χ2n) is 6.05. The number of sulfonamides is 1. The summed E-state index contributed by atoms with van der Waals surface area (Å²) in [7, 11) is -4.04. The fraction of sp³-hybridized carbons (Fsp3) is 0.263. The zero-order chi connectivity index (χ0) is 21.3. The molecule has 1 amide bonds. The van der Waals surface area contributed by atoms with E-state index in [2.05, 4.69) is 10.0 Å². The lowest BCUT2D eigenvalue weighted by atomic mass is 10.2. The summed E-state index contributed by atoms with van der Waals surface area (Å²) in [4.78, 5) is 23.6. The topological polar surface area (TPSA) is 148 Å². The maximum absolute atomic E-state index is 12.3. The highest BCUT2D eigenvalue weighted by atomic mass is 32.2. The van der Waals surface area contributed by atoms with Gasteiger partial charge < -0.3 is 20.9 Å². The molecule has 0 saturated carbocycles. The lowest BCUT2D eigenvalue weighted by Gasteiger charge is -2.16. The van der Waals surface area contributed by atoms with E-state index in [0.29, 0.717) is 25.3 Å². The van der Waals surface area contributed by atoms with E-state index in [-0.39, 0.29) is 10.5 Å². The molecule has 0 fully saturated rings. The van der Waals surface area contributed by atoms with Gasteiger partial charge in [0.05, 0.1) is 11.5 Å². The number of hydrogen-bond acceptors (Lipinski definition) is 6. The Morgan fingerprint density at radius 1 is 1.07 bits per heavy atom. The number of carboxylic acid groups (broad SMARTS) is 1. The summed E-state index contributed by atoms with van der Waals surface area (Å²) >= 11 is 0. The van der Waals surface area contributed by atoms with Gasteiger partial charge in [0.2, 0.25) is 10.0 Å². The number of aliphatic carboxylic acids is 1. The number of carboxylic acids is 1. The first-order valence-corrected chi connectivity index (χ1v) is 10.3. The van der Waals surface area contributed by atoms with Gasteiger partial charge in [0.15, 0.2) is 0 Å². The molecule has 29 heavy (non-hydrogen) atoms. The minimum absolute atomic E-state index is 0.0669. The number of nitrogens with one attached hydrogen (secondary N) is 2. The molecule has 10 heteroatoms. The summed E-state index contributed by atoms with van der Waals surface area (Å²) in [5, 5.41) is 11.7. The van der Waals surface area contributed by atoms with Crippen molar-refractivity contribution in [3.63, 3.8) is 0 Å². The first-order valence-electron chi connectivity index (χ1n) is 8.85. The summed E-state index contributed by atoms with van der Waals surface area (Å²) in [6.45, 7) is 0.554. The van der Waals surface area contributed by atoms with Gasteiger partial charge >= 0.3 is 5.97 Å². The molecule has 0 aliphatic carbocycles. The van der Waals surface area contributed by atoms with Gasteiger partial charge in [0.1, 0.15) is 11.8 Å². The third-order valence-corrected chi connectivity index (χ3v) is 5.34. The summed E-state index contributed by atoms with van der Waals surface area (Å²) < 4.78 is 32.1. The summed E-state index contributed by atoms with van der Waals surface area (Å²) in [5.41, 5.74) is 5.67. The lowest BCUT2D eigenvalue weighted by molar-refractivity contribution is -0.138. The van der Waals surface area contributed by atoms with Gasteiger partial charge in [-0.25, -0.2) is 8.42 Å². The quantitative estimate of drug-likeness (QED) is 0.388. The van der Waals surface area contributed by atoms with Crippen LogP contribution in [0, 0.1) is 0 Å². The summed E-state index contributed by atoms with van der Waals surface area (Å²) in [5.74, 6) is -1.37. The van der Waals surface area contributed by atoms with Gasteiger partial charge in [-0.3, -0.25) is 9.59 Å². The second kappa shape index (κ2) is 10.6. The van der Waals surface area contributed by atoms with Gasteiger partial charge in [-0.05, 0) is 49.4 Å². The largest absolute Gasteiger partial charge is 0.494 e. The van der Waals surface area contributed by atoms with Crippen LogP contribution < -0.4 is 20.5 Å². The monoisotopic (exact) mass is 421 g/mol. The van der Waals surface area contributed by atoms with E-state index in [0.717, 1.165) is 0 Å². The molecule has 2 aromatic rings. The van der Waals surface area contributed by atoms with E-state index in [4.69, 9.17) is 10.5 Å². The molecule has 0 spiro atoms. The number of nitrogens with two attached hydrogens (primary N) is 1. The molecule has 0 aliphatic rings. The number of benzene rings is 2. The zero-order valence-corrected chi connectivity index (χ0v) is 16.4. The van der Waals surface area contributed by atoms with E-state index in [1.807, 2.05) is 0 Å². The van der Waals surface area contributed by atoms with E-state index in [1.54, 1.807) is 18.2 Å². The number of amides is 1. The van der Waals surface area contributed by atoms with Crippen molar-refractivity contribution in [3.8, 4) is 5.75 Å². The van der Waals surface area contributed by atoms with Crippen LogP contribution in [0.1, 0.15) is 16.8 Å². The molecular formula is C19H23N3O6S. The number of carbonyl (C=O) groups is 2. The smallest absolute Gasteiger partial charge is 0.323 e. The minimum atomic E-state index is -4.04. The highest BCUT2D eigenvalue weighted by Crippen LogP contribution is 2.12. The Labute approximate surface area is 168 Å². The molecule has 2 aromatic carbocycles. The van der Waals surface area contributed by atoms with Crippen LogP contribution in [-0.2, 0) is 14.8 Å². The van der Waals surface area contributed by atoms with E-state index in [9.17, 15) is 23.1 Å². The molecule has 5 N–H and O–H groups in total. The van der Waals surface area contributed by atoms with Gasteiger partial charge in [0.25, 0.3) is 5.91 Å². The Hall–Kier alpha value is -2.95. The first kappa shape index (κ1) is 22.3. The molecule has 2 rings (SSSR count). The Morgan fingerprint density at radius 3 is 2.31 bits per heavy atom. The lowest BCUT2D eigenvalue weighted by Crippen LogP contribution is -2.48. The third kappa shape index (κ3) is 6.86. The van der Waals surface area contributed by atoms with Crippen LogP contribution in [-0.4, -0.2) is 51.1 Å². The number of ether oxygens (including phenoxy) is 1. The third-order valence-electron chi connectivity index (χ3n) is 3.85. The van der Waals surface area contributed by atoms with Crippen LogP contribution in [0.4, 0.5) is 0 Å². The van der Waals surface area contributed by atoms with Crippen LogP contribution >= 0.6 is 0 Å². The van der Waals surface area contributed by atoms with Crippen LogP contribution in [0.15, 0.2) is 59.5 Å². The van der Waals surface area contributed by atoms with Gasteiger partial charge in [-0.15, -0.1) is 0 Å². The van der Waals surface area contributed by atoms with Crippen molar-refractivity contribution in [1.29, 1.82) is 0 Å². The summed E-state index contributed by atoms with van der Waals surface area (Å²) in [6.07, 6.45) is 0.706. The molecular weight excluding hydrogens is 398 g/mol. The molecule has 0 aliphatic heterocycles. The van der Waals surface area contributed by atoms with Crippen molar-refractivity contribution in [1.82, 2.24) is 10.0 Å². The van der Waals surface area contributed by atoms with Crippen molar-refractivity contribution in [2.45, 2.75) is 17.4 Å².